The summed E-state index contributed by atoms with van der Waals surface area (Å²) >= 11 is 0. The quantitative estimate of drug-likeness (QED) is 0.918. The number of benzene rings is 1. The normalized spacial score (nSPS) is 13.7. The van der Waals surface area contributed by atoms with Crippen molar-refractivity contribution >= 4 is 16.9 Å². The molecule has 1 atom stereocenters. The number of carboxylic acids is 1. The molecule has 0 aliphatic heterocycles. The molecule has 0 bridgehead atoms. The van der Waals surface area contributed by atoms with Gasteiger partial charge in [0.2, 0.25) is 0 Å². The van der Waals surface area contributed by atoms with E-state index in [2.05, 4.69) is 0 Å². The van der Waals surface area contributed by atoms with Crippen LogP contribution >= 0.6 is 0 Å². The van der Waals surface area contributed by atoms with Gasteiger partial charge in [0.15, 0.2) is 5.92 Å². The van der Waals surface area contributed by atoms with Crippen LogP contribution in [0.25, 0.3) is 10.9 Å². The Labute approximate surface area is 100 Å². The molecule has 1 heterocycles. The van der Waals surface area contributed by atoms with Gasteiger partial charge in [-0.3, -0.25) is 4.79 Å². The topological polar surface area (TPSA) is 42.2 Å². The molecule has 96 valence electrons. The van der Waals surface area contributed by atoms with Crippen LogP contribution in [0.4, 0.5) is 13.2 Å². The molecule has 0 saturated carbocycles. The second-order valence-electron chi connectivity index (χ2n) is 3.96. The van der Waals surface area contributed by atoms with Crippen molar-refractivity contribution < 1.29 is 23.1 Å². The second kappa shape index (κ2) is 4.36. The van der Waals surface area contributed by atoms with Crippen molar-refractivity contribution in [3.8, 4) is 0 Å². The molecule has 1 aromatic heterocycles. The highest BCUT2D eigenvalue weighted by Gasteiger charge is 2.45. The number of para-hydroxylation sites is 1. The van der Waals surface area contributed by atoms with E-state index in [4.69, 9.17) is 5.11 Å². The van der Waals surface area contributed by atoms with Gasteiger partial charge in [0, 0.05) is 18.3 Å². The maximum absolute atomic E-state index is 12.6. The van der Waals surface area contributed by atoms with Gasteiger partial charge in [-0.2, -0.15) is 13.2 Å². The van der Waals surface area contributed by atoms with Crippen LogP contribution in [-0.4, -0.2) is 21.8 Å². The Morgan fingerprint density at radius 1 is 1.28 bits per heavy atom. The fraction of sp³-hybridized carbons (Fsp3) is 0.250. The highest BCUT2D eigenvalue weighted by atomic mass is 19.4. The van der Waals surface area contributed by atoms with Gasteiger partial charge in [0.1, 0.15) is 0 Å². The van der Waals surface area contributed by atoms with E-state index in [1.54, 1.807) is 30.3 Å². The first-order valence-electron chi connectivity index (χ1n) is 5.23. The number of rotatable bonds is 3. The van der Waals surface area contributed by atoms with Gasteiger partial charge in [0.05, 0.1) is 0 Å². The first-order chi connectivity index (χ1) is 8.39. The number of aromatic nitrogens is 1. The minimum atomic E-state index is -4.75. The van der Waals surface area contributed by atoms with Crippen molar-refractivity contribution in [1.29, 1.82) is 0 Å². The number of hydrogen-bond acceptors (Lipinski definition) is 1. The van der Waals surface area contributed by atoms with Crippen molar-refractivity contribution in [2.24, 2.45) is 5.92 Å². The zero-order valence-corrected chi connectivity index (χ0v) is 9.19. The Bertz CT molecular complexity index is 574. The first kappa shape index (κ1) is 12.5. The lowest BCUT2D eigenvalue weighted by Crippen LogP contribution is -2.34. The lowest BCUT2D eigenvalue weighted by molar-refractivity contribution is -0.195. The number of nitrogens with zero attached hydrogens (tertiary/aromatic N) is 1. The van der Waals surface area contributed by atoms with E-state index in [-0.39, 0.29) is 0 Å². The van der Waals surface area contributed by atoms with Crippen LogP contribution in [0.1, 0.15) is 0 Å². The minimum absolute atomic E-state index is 0.591. The summed E-state index contributed by atoms with van der Waals surface area (Å²) in [6.07, 6.45) is -3.29. The highest BCUT2D eigenvalue weighted by Crippen LogP contribution is 2.29. The molecule has 0 radical (unpaired) electrons. The Morgan fingerprint density at radius 3 is 2.56 bits per heavy atom. The van der Waals surface area contributed by atoms with Gasteiger partial charge < -0.3 is 9.67 Å². The summed E-state index contributed by atoms with van der Waals surface area (Å²) in [5.74, 6) is -4.26. The van der Waals surface area contributed by atoms with E-state index >= 15 is 0 Å². The van der Waals surface area contributed by atoms with Crippen LogP contribution in [0.5, 0.6) is 0 Å². The fourth-order valence-electron chi connectivity index (χ4n) is 1.82. The molecule has 1 aromatic carbocycles. The number of halogens is 3. The van der Waals surface area contributed by atoms with Crippen LogP contribution in [0.15, 0.2) is 36.5 Å². The smallest absolute Gasteiger partial charge is 0.403 e. The van der Waals surface area contributed by atoms with Crippen molar-refractivity contribution in [2.75, 3.05) is 0 Å². The zero-order valence-electron chi connectivity index (χ0n) is 9.19. The Kier molecular flexibility index (Phi) is 3.02. The first-order valence-corrected chi connectivity index (χ1v) is 5.23. The number of carboxylic acid groups (broad SMARTS) is 1. The SMILES string of the molecule is O=C(O)C(Cn1ccc2ccccc21)C(F)(F)F. The van der Waals surface area contributed by atoms with E-state index in [1.165, 1.54) is 10.8 Å². The summed E-state index contributed by atoms with van der Waals surface area (Å²) in [5, 5.41) is 9.43. The zero-order chi connectivity index (χ0) is 13.3. The lowest BCUT2D eigenvalue weighted by atomic mass is 10.1. The molecule has 1 unspecified atom stereocenters. The van der Waals surface area contributed by atoms with Gasteiger partial charge in [-0.25, -0.2) is 0 Å². The lowest BCUT2D eigenvalue weighted by Gasteiger charge is -2.17. The Balaban J connectivity index is 2.35. The number of hydrogen-bond donors (Lipinski definition) is 1. The molecule has 0 spiro atoms. The van der Waals surface area contributed by atoms with Gasteiger partial charge in [-0.05, 0) is 17.5 Å². The van der Waals surface area contributed by atoms with Crippen LogP contribution < -0.4 is 0 Å². The summed E-state index contributed by atoms with van der Waals surface area (Å²) in [7, 11) is 0. The van der Waals surface area contributed by atoms with Crippen molar-refractivity contribution in [2.45, 2.75) is 12.7 Å². The molecule has 2 aromatic rings. The third kappa shape index (κ3) is 2.32. The van der Waals surface area contributed by atoms with Gasteiger partial charge in [0.25, 0.3) is 0 Å². The predicted octanol–water partition coefficient (Wildman–Crippen LogP) is 2.90. The molecule has 0 saturated heterocycles. The van der Waals surface area contributed by atoms with Crippen LogP contribution in [0.2, 0.25) is 0 Å². The molecule has 0 aliphatic rings. The predicted molar refractivity (Wildman–Crippen MR) is 59.1 cm³/mol. The molecule has 0 amide bonds. The maximum Gasteiger partial charge on any atom is 0.403 e. The molecule has 1 N–H and O–H groups in total. The molecular formula is C12H10F3NO2. The van der Waals surface area contributed by atoms with Crippen molar-refractivity contribution in [3.05, 3.63) is 36.5 Å². The summed E-state index contributed by atoms with van der Waals surface area (Å²) in [5.41, 5.74) is 0.591. The molecule has 0 aliphatic carbocycles. The summed E-state index contributed by atoms with van der Waals surface area (Å²) in [4.78, 5) is 10.7. The van der Waals surface area contributed by atoms with Gasteiger partial charge >= 0.3 is 12.1 Å². The second-order valence-corrected chi connectivity index (χ2v) is 3.96. The molecule has 3 nitrogen and oxygen atoms in total. The summed E-state index contributed by atoms with van der Waals surface area (Å²) in [6, 6.07) is 8.54. The Morgan fingerprint density at radius 2 is 1.94 bits per heavy atom. The van der Waals surface area contributed by atoms with Crippen molar-refractivity contribution in [1.82, 2.24) is 4.57 Å². The number of fused-ring (bicyclic) bond motifs is 1. The fourth-order valence-corrected chi connectivity index (χ4v) is 1.82. The van der Waals surface area contributed by atoms with E-state index < -0.39 is 24.6 Å². The van der Waals surface area contributed by atoms with Gasteiger partial charge in [-0.1, -0.05) is 18.2 Å². The third-order valence-corrected chi connectivity index (χ3v) is 2.75. The average molecular weight is 257 g/mol. The summed E-state index contributed by atoms with van der Waals surface area (Å²) in [6.45, 7) is -0.619. The minimum Gasteiger partial charge on any atom is -0.481 e. The Hall–Kier alpha value is -1.98. The average Bonchev–Trinajstić information content (AvgIpc) is 2.67. The number of carbonyl (C=O) groups is 1. The molecule has 6 heteroatoms. The molecular weight excluding hydrogens is 247 g/mol. The number of alkyl halides is 3. The molecule has 0 fully saturated rings. The van der Waals surface area contributed by atoms with E-state index in [1.807, 2.05) is 0 Å². The molecule has 2 rings (SSSR count). The van der Waals surface area contributed by atoms with Crippen LogP contribution in [0, 0.1) is 5.92 Å². The van der Waals surface area contributed by atoms with Crippen LogP contribution in [-0.2, 0) is 11.3 Å². The highest BCUT2D eigenvalue weighted by molar-refractivity contribution is 5.80. The summed E-state index contributed by atoms with van der Waals surface area (Å²) < 4.78 is 39.0. The largest absolute Gasteiger partial charge is 0.481 e. The number of aliphatic carboxylic acids is 1. The van der Waals surface area contributed by atoms with E-state index in [0.717, 1.165) is 5.39 Å². The molecule has 18 heavy (non-hydrogen) atoms. The van der Waals surface area contributed by atoms with E-state index in [0.29, 0.717) is 5.52 Å². The third-order valence-electron chi connectivity index (χ3n) is 2.75. The monoisotopic (exact) mass is 257 g/mol. The van der Waals surface area contributed by atoms with Gasteiger partial charge in [-0.15, -0.1) is 0 Å². The van der Waals surface area contributed by atoms with Crippen molar-refractivity contribution in [3.63, 3.8) is 0 Å². The van der Waals surface area contributed by atoms with E-state index in [9.17, 15) is 18.0 Å². The van der Waals surface area contributed by atoms with Crippen LogP contribution in [0.3, 0.4) is 0 Å². The maximum atomic E-state index is 12.6. The standard InChI is InChI=1S/C12H10F3NO2/c13-12(14,15)9(11(17)18)7-16-6-5-8-3-1-2-4-10(8)16/h1-6,9H,7H2,(H,17,18).